The predicted molar refractivity (Wildman–Crippen MR) is 58.2 cm³/mol. The van der Waals surface area contributed by atoms with Crippen LogP contribution in [0.2, 0.25) is 0 Å². The van der Waals surface area contributed by atoms with E-state index in [1.807, 2.05) is 0 Å². The highest BCUT2D eigenvalue weighted by molar-refractivity contribution is 5.13. The lowest BCUT2D eigenvalue weighted by atomic mass is 9.71. The van der Waals surface area contributed by atoms with Crippen molar-refractivity contribution >= 4 is 0 Å². The van der Waals surface area contributed by atoms with Crippen LogP contribution in [0, 0.1) is 11.8 Å². The van der Waals surface area contributed by atoms with Crippen molar-refractivity contribution in [3.8, 4) is 0 Å². The van der Waals surface area contributed by atoms with Gasteiger partial charge in [-0.05, 0) is 31.2 Å². The zero-order chi connectivity index (χ0) is 9.54. The Morgan fingerprint density at radius 1 is 1.43 bits per heavy atom. The number of likely N-dealkylation sites (tertiary alicyclic amines) is 1. The largest absolute Gasteiger partial charge is 0.308 e. The van der Waals surface area contributed by atoms with E-state index in [1.54, 1.807) is 0 Å². The molecule has 1 aliphatic heterocycles. The highest BCUT2D eigenvalue weighted by Gasteiger charge is 2.42. The molecule has 3 aliphatic rings. The number of allylic oxidation sites excluding steroid dienone is 1. The molecule has 3 unspecified atom stereocenters. The second-order valence-electron chi connectivity index (χ2n) is 5.06. The third kappa shape index (κ3) is 1.32. The molecule has 14 heavy (non-hydrogen) atoms. The van der Waals surface area contributed by atoms with Crippen molar-refractivity contribution in [1.29, 1.82) is 0 Å². The van der Waals surface area contributed by atoms with Crippen LogP contribution in [-0.2, 0) is 0 Å². The molecule has 0 aromatic heterocycles. The fraction of sp³-hybridized carbons (Fsp3) is 0.833. The molecule has 1 heterocycles. The molecule has 2 nitrogen and oxygen atoms in total. The van der Waals surface area contributed by atoms with Crippen molar-refractivity contribution in [3.05, 3.63) is 12.2 Å². The second kappa shape index (κ2) is 3.35. The van der Waals surface area contributed by atoms with E-state index in [9.17, 15) is 0 Å². The number of fused-ring (bicyclic) bond motifs is 1. The average Bonchev–Trinajstić information content (AvgIpc) is 2.45. The van der Waals surface area contributed by atoms with Gasteiger partial charge < -0.3 is 10.2 Å². The van der Waals surface area contributed by atoms with Gasteiger partial charge in [-0.15, -0.1) is 0 Å². The van der Waals surface area contributed by atoms with Crippen LogP contribution < -0.4 is 5.32 Å². The molecule has 1 saturated carbocycles. The third-order valence-electron chi connectivity index (χ3n) is 4.22. The Morgan fingerprint density at radius 3 is 3.00 bits per heavy atom. The van der Waals surface area contributed by atoms with Crippen LogP contribution in [0.25, 0.3) is 0 Å². The van der Waals surface area contributed by atoms with Gasteiger partial charge in [0.25, 0.3) is 0 Å². The summed E-state index contributed by atoms with van der Waals surface area (Å²) >= 11 is 0. The quantitative estimate of drug-likeness (QED) is 0.677. The first-order valence-electron chi connectivity index (χ1n) is 6.02. The van der Waals surface area contributed by atoms with E-state index in [2.05, 4.69) is 29.3 Å². The second-order valence-corrected chi connectivity index (χ2v) is 5.06. The minimum Gasteiger partial charge on any atom is -0.308 e. The summed E-state index contributed by atoms with van der Waals surface area (Å²) in [6.45, 7) is 6.01. The summed E-state index contributed by atoms with van der Waals surface area (Å²) in [5.41, 5.74) is 0. The zero-order valence-corrected chi connectivity index (χ0v) is 8.95. The van der Waals surface area contributed by atoms with Gasteiger partial charge >= 0.3 is 0 Å². The topological polar surface area (TPSA) is 15.3 Å². The zero-order valence-electron chi connectivity index (χ0n) is 8.95. The summed E-state index contributed by atoms with van der Waals surface area (Å²) in [4.78, 5) is 2.50. The number of hydrogen-bond acceptors (Lipinski definition) is 2. The van der Waals surface area contributed by atoms with Crippen molar-refractivity contribution in [2.75, 3.05) is 19.6 Å². The molecule has 2 fully saturated rings. The lowest BCUT2D eigenvalue weighted by molar-refractivity contribution is 0.0786. The van der Waals surface area contributed by atoms with Gasteiger partial charge in [-0.3, -0.25) is 0 Å². The van der Waals surface area contributed by atoms with Crippen LogP contribution in [-0.4, -0.2) is 36.6 Å². The Bertz CT molecular complexity index is 243. The van der Waals surface area contributed by atoms with Crippen LogP contribution >= 0.6 is 0 Å². The molecule has 2 heteroatoms. The first-order valence-corrected chi connectivity index (χ1v) is 6.02. The Hall–Kier alpha value is -0.340. The Morgan fingerprint density at radius 2 is 2.29 bits per heavy atom. The predicted octanol–water partition coefficient (Wildman–Crippen LogP) is 1.24. The Balaban J connectivity index is 1.44. The minimum atomic E-state index is 0.787. The van der Waals surface area contributed by atoms with Gasteiger partial charge in [0.2, 0.25) is 0 Å². The summed E-state index contributed by atoms with van der Waals surface area (Å²) in [6.07, 6.45) is 7.56. The first-order chi connectivity index (χ1) is 6.86. The van der Waals surface area contributed by atoms with Crippen molar-refractivity contribution in [2.45, 2.75) is 31.8 Å². The smallest absolute Gasteiger partial charge is 0.0325 e. The van der Waals surface area contributed by atoms with Crippen molar-refractivity contribution in [1.82, 2.24) is 10.2 Å². The minimum absolute atomic E-state index is 0.787. The standard InChI is InChI=1S/C12H20N2/c1-2-14-7-10(8-14)13-12-6-9-4-3-5-11(9)12/h3,5,9-13H,2,4,6-8H2,1H3. The molecule has 0 radical (unpaired) electrons. The summed E-state index contributed by atoms with van der Waals surface area (Å²) in [5, 5.41) is 3.80. The highest BCUT2D eigenvalue weighted by atomic mass is 15.2. The molecule has 1 saturated heterocycles. The summed E-state index contributed by atoms with van der Waals surface area (Å²) in [5.74, 6) is 1.88. The summed E-state index contributed by atoms with van der Waals surface area (Å²) in [6, 6.07) is 1.60. The highest BCUT2D eigenvalue weighted by Crippen LogP contribution is 2.43. The summed E-state index contributed by atoms with van der Waals surface area (Å²) in [7, 11) is 0. The van der Waals surface area contributed by atoms with Gasteiger partial charge in [0.15, 0.2) is 0 Å². The fourth-order valence-corrected chi connectivity index (χ4v) is 3.14. The van der Waals surface area contributed by atoms with Crippen LogP contribution in [0.5, 0.6) is 0 Å². The molecule has 3 rings (SSSR count). The number of likely N-dealkylation sites (N-methyl/N-ethyl adjacent to an activating group) is 1. The maximum atomic E-state index is 3.80. The fourth-order valence-electron chi connectivity index (χ4n) is 3.14. The molecule has 0 aromatic carbocycles. The SMILES string of the molecule is CCN1CC(NC2CC3CC=CC32)C1. The number of nitrogens with one attached hydrogen (secondary N) is 1. The lowest BCUT2D eigenvalue weighted by Crippen LogP contribution is -2.63. The number of rotatable bonds is 3. The van der Waals surface area contributed by atoms with Gasteiger partial charge in [-0.1, -0.05) is 19.1 Å². The van der Waals surface area contributed by atoms with Crippen LogP contribution in [0.15, 0.2) is 12.2 Å². The Kier molecular flexibility index (Phi) is 2.14. The van der Waals surface area contributed by atoms with E-state index in [4.69, 9.17) is 0 Å². The lowest BCUT2D eigenvalue weighted by Gasteiger charge is -2.47. The van der Waals surface area contributed by atoms with E-state index in [0.29, 0.717) is 0 Å². The van der Waals surface area contributed by atoms with Gasteiger partial charge in [0.05, 0.1) is 0 Å². The van der Waals surface area contributed by atoms with Gasteiger partial charge in [0.1, 0.15) is 0 Å². The maximum Gasteiger partial charge on any atom is 0.0325 e. The normalized spacial score (nSPS) is 41.9. The van der Waals surface area contributed by atoms with Gasteiger partial charge in [-0.2, -0.15) is 0 Å². The number of hydrogen-bond donors (Lipinski definition) is 1. The molecule has 0 bridgehead atoms. The summed E-state index contributed by atoms with van der Waals surface area (Å²) < 4.78 is 0. The molecule has 0 aromatic rings. The van der Waals surface area contributed by atoms with Crippen LogP contribution in [0.1, 0.15) is 19.8 Å². The number of nitrogens with zero attached hydrogens (tertiary/aromatic N) is 1. The maximum absolute atomic E-state index is 3.80. The molecule has 0 spiro atoms. The molecule has 2 aliphatic carbocycles. The molecule has 3 atom stereocenters. The van der Waals surface area contributed by atoms with Gasteiger partial charge in [0, 0.05) is 25.2 Å². The van der Waals surface area contributed by atoms with E-state index < -0.39 is 0 Å². The van der Waals surface area contributed by atoms with Crippen LogP contribution in [0.3, 0.4) is 0 Å². The van der Waals surface area contributed by atoms with Crippen molar-refractivity contribution in [2.24, 2.45) is 11.8 Å². The third-order valence-corrected chi connectivity index (χ3v) is 4.22. The Labute approximate surface area is 86.4 Å². The molecule has 78 valence electrons. The van der Waals surface area contributed by atoms with Crippen molar-refractivity contribution < 1.29 is 0 Å². The van der Waals surface area contributed by atoms with E-state index in [0.717, 1.165) is 23.9 Å². The van der Waals surface area contributed by atoms with Crippen molar-refractivity contribution in [3.63, 3.8) is 0 Å². The molecular formula is C12H20N2. The first kappa shape index (κ1) is 8.93. The molecule has 0 amide bonds. The average molecular weight is 192 g/mol. The van der Waals surface area contributed by atoms with E-state index in [1.165, 1.54) is 32.5 Å². The molecule has 1 N–H and O–H groups in total. The molecular weight excluding hydrogens is 172 g/mol. The van der Waals surface area contributed by atoms with Gasteiger partial charge in [-0.25, -0.2) is 0 Å². The van der Waals surface area contributed by atoms with E-state index in [-0.39, 0.29) is 0 Å². The van der Waals surface area contributed by atoms with E-state index >= 15 is 0 Å². The van der Waals surface area contributed by atoms with Crippen LogP contribution in [0.4, 0.5) is 0 Å². The monoisotopic (exact) mass is 192 g/mol.